The Hall–Kier alpha value is -2.21. The minimum absolute atomic E-state index is 0.146. The van der Waals surface area contributed by atoms with Crippen molar-refractivity contribution in [2.45, 2.75) is 13.3 Å². The molecule has 2 aromatic heterocycles. The average Bonchev–Trinajstić information content (AvgIpc) is 2.88. The van der Waals surface area contributed by atoms with Crippen LogP contribution in [0.15, 0.2) is 30.5 Å². The van der Waals surface area contributed by atoms with Crippen molar-refractivity contribution in [2.75, 3.05) is 11.9 Å². The number of anilines is 1. The van der Waals surface area contributed by atoms with Crippen molar-refractivity contribution >= 4 is 28.5 Å². The van der Waals surface area contributed by atoms with E-state index in [9.17, 15) is 0 Å². The maximum Gasteiger partial charge on any atom is 0.257 e. The molecule has 0 fully saturated rings. The first-order chi connectivity index (χ1) is 9.78. The molecule has 0 radical (unpaired) electrons. The zero-order valence-corrected chi connectivity index (χ0v) is 11.7. The fraction of sp³-hybridized carbons (Fsp3) is 0.231. The summed E-state index contributed by atoms with van der Waals surface area (Å²) in [5, 5.41) is 8.57. The van der Waals surface area contributed by atoms with Crippen LogP contribution in [0, 0.1) is 0 Å². The van der Waals surface area contributed by atoms with Gasteiger partial charge in [-0.15, -0.1) is 0 Å². The molecule has 3 rings (SSSR count). The Morgan fingerprint density at radius 2 is 2.05 bits per heavy atom. The monoisotopic (exact) mass is 288 g/mol. The lowest BCUT2D eigenvalue weighted by atomic mass is 10.3. The van der Waals surface area contributed by atoms with Gasteiger partial charge in [-0.05, 0) is 24.1 Å². The molecule has 0 aliphatic rings. The minimum atomic E-state index is 0.146. The number of benzene rings is 1. The molecule has 0 saturated carbocycles. The molecule has 0 amide bonds. The number of para-hydroxylation sites is 1. The third kappa shape index (κ3) is 2.42. The van der Waals surface area contributed by atoms with Gasteiger partial charge in [-0.3, -0.25) is 0 Å². The molecule has 0 bridgehead atoms. The summed E-state index contributed by atoms with van der Waals surface area (Å²) in [5.41, 5.74) is 0.927. The number of hydrogen-bond acceptors (Lipinski definition) is 5. The fourth-order valence-electron chi connectivity index (χ4n) is 1.88. The van der Waals surface area contributed by atoms with Crippen molar-refractivity contribution in [3.8, 4) is 5.95 Å². The lowest BCUT2D eigenvalue weighted by Gasteiger charge is -2.06. The normalized spacial score (nSPS) is 10.9. The van der Waals surface area contributed by atoms with E-state index in [1.807, 2.05) is 24.3 Å². The van der Waals surface area contributed by atoms with Gasteiger partial charge in [0, 0.05) is 11.9 Å². The minimum Gasteiger partial charge on any atom is -0.354 e. The Kier molecular flexibility index (Phi) is 3.47. The number of rotatable bonds is 4. The molecule has 20 heavy (non-hydrogen) atoms. The summed E-state index contributed by atoms with van der Waals surface area (Å²) in [6.07, 6.45) is 2.75. The highest BCUT2D eigenvalue weighted by Gasteiger charge is 2.10. The van der Waals surface area contributed by atoms with E-state index in [0.717, 1.165) is 23.9 Å². The second-order valence-electron chi connectivity index (χ2n) is 4.27. The number of hydrogen-bond donors (Lipinski definition) is 1. The molecule has 0 unspecified atom stereocenters. The van der Waals surface area contributed by atoms with Gasteiger partial charge in [-0.1, -0.05) is 25.1 Å². The average molecular weight is 289 g/mol. The third-order valence-corrected chi connectivity index (χ3v) is 2.97. The highest BCUT2D eigenvalue weighted by molar-refractivity contribution is 6.28. The first-order valence-electron chi connectivity index (χ1n) is 6.36. The first-order valence-corrected chi connectivity index (χ1v) is 6.74. The molecule has 1 N–H and O–H groups in total. The summed E-state index contributed by atoms with van der Waals surface area (Å²) >= 11 is 5.95. The van der Waals surface area contributed by atoms with Gasteiger partial charge in [-0.2, -0.15) is 24.7 Å². The van der Waals surface area contributed by atoms with E-state index in [0.29, 0.717) is 11.9 Å². The maximum atomic E-state index is 5.95. The largest absolute Gasteiger partial charge is 0.354 e. The summed E-state index contributed by atoms with van der Waals surface area (Å²) in [6.45, 7) is 2.84. The third-order valence-electron chi connectivity index (χ3n) is 2.80. The van der Waals surface area contributed by atoms with E-state index in [2.05, 4.69) is 32.3 Å². The van der Waals surface area contributed by atoms with E-state index >= 15 is 0 Å². The van der Waals surface area contributed by atoms with Crippen LogP contribution in [0.4, 0.5) is 5.95 Å². The van der Waals surface area contributed by atoms with Crippen LogP contribution in [0.3, 0.4) is 0 Å². The summed E-state index contributed by atoms with van der Waals surface area (Å²) < 4.78 is 1.65. The van der Waals surface area contributed by atoms with Gasteiger partial charge in [0.15, 0.2) is 0 Å². The standard InChI is InChI=1S/C13H13ClN6/c1-2-7-15-12-17-11(14)18-13(19-12)20-10-6-4-3-5-9(10)8-16-20/h3-6,8H,2,7H2,1H3,(H,15,17,18,19). The zero-order chi connectivity index (χ0) is 13.9. The number of aromatic nitrogens is 5. The maximum absolute atomic E-state index is 5.95. The van der Waals surface area contributed by atoms with Crippen molar-refractivity contribution in [3.63, 3.8) is 0 Å². The van der Waals surface area contributed by atoms with Crippen molar-refractivity contribution in [1.82, 2.24) is 24.7 Å². The lowest BCUT2D eigenvalue weighted by molar-refractivity contribution is 0.814. The van der Waals surface area contributed by atoms with Crippen molar-refractivity contribution in [1.29, 1.82) is 0 Å². The molecule has 0 saturated heterocycles. The van der Waals surface area contributed by atoms with E-state index in [1.165, 1.54) is 0 Å². The predicted octanol–water partition coefficient (Wildman–Crippen LogP) is 2.69. The Morgan fingerprint density at radius 1 is 1.20 bits per heavy atom. The van der Waals surface area contributed by atoms with Crippen LogP contribution in [-0.4, -0.2) is 31.3 Å². The molecule has 6 nitrogen and oxygen atoms in total. The molecule has 1 aromatic carbocycles. The van der Waals surface area contributed by atoms with Gasteiger partial charge in [0.05, 0.1) is 11.7 Å². The molecule has 0 aliphatic carbocycles. The van der Waals surface area contributed by atoms with Crippen molar-refractivity contribution in [2.24, 2.45) is 0 Å². The van der Waals surface area contributed by atoms with Gasteiger partial charge < -0.3 is 5.32 Å². The Balaban J connectivity index is 2.07. The molecule has 102 valence electrons. The van der Waals surface area contributed by atoms with E-state index < -0.39 is 0 Å². The van der Waals surface area contributed by atoms with Gasteiger partial charge in [-0.25, -0.2) is 0 Å². The predicted molar refractivity (Wildman–Crippen MR) is 78.2 cm³/mol. The Morgan fingerprint density at radius 3 is 2.90 bits per heavy atom. The second kappa shape index (κ2) is 5.42. The van der Waals surface area contributed by atoms with Gasteiger partial charge >= 0.3 is 0 Å². The quantitative estimate of drug-likeness (QED) is 0.799. The summed E-state index contributed by atoms with van der Waals surface area (Å²) in [7, 11) is 0. The highest BCUT2D eigenvalue weighted by atomic mass is 35.5. The number of halogens is 1. The first kappa shape index (κ1) is 12.8. The zero-order valence-electron chi connectivity index (χ0n) is 10.9. The molecular formula is C13H13ClN6. The van der Waals surface area contributed by atoms with E-state index in [4.69, 9.17) is 11.6 Å². The van der Waals surface area contributed by atoms with Crippen LogP contribution in [0.25, 0.3) is 16.9 Å². The van der Waals surface area contributed by atoms with Crippen LogP contribution in [0.1, 0.15) is 13.3 Å². The Bertz CT molecular complexity index is 739. The molecule has 2 heterocycles. The number of fused-ring (bicyclic) bond motifs is 1. The van der Waals surface area contributed by atoms with Crippen molar-refractivity contribution < 1.29 is 0 Å². The van der Waals surface area contributed by atoms with Gasteiger partial charge in [0.25, 0.3) is 5.95 Å². The van der Waals surface area contributed by atoms with Crippen LogP contribution in [0.2, 0.25) is 5.28 Å². The molecule has 0 aliphatic heterocycles. The van der Waals surface area contributed by atoms with Crippen molar-refractivity contribution in [3.05, 3.63) is 35.7 Å². The van der Waals surface area contributed by atoms with Gasteiger partial charge in [0.1, 0.15) is 0 Å². The van der Waals surface area contributed by atoms with Gasteiger partial charge in [0.2, 0.25) is 11.2 Å². The fourth-order valence-corrected chi connectivity index (χ4v) is 2.04. The SMILES string of the molecule is CCCNc1nc(Cl)nc(-n2ncc3ccccc32)n1. The highest BCUT2D eigenvalue weighted by Crippen LogP contribution is 2.17. The summed E-state index contributed by atoms with van der Waals surface area (Å²) in [6, 6.07) is 7.85. The number of nitrogens with zero attached hydrogens (tertiary/aromatic N) is 5. The second-order valence-corrected chi connectivity index (χ2v) is 4.61. The molecule has 3 aromatic rings. The summed E-state index contributed by atoms with van der Waals surface area (Å²) in [4.78, 5) is 12.5. The van der Waals surface area contributed by atoms with E-state index in [-0.39, 0.29) is 5.28 Å². The molecular weight excluding hydrogens is 276 g/mol. The molecule has 0 spiro atoms. The van der Waals surface area contributed by atoms with Crippen LogP contribution < -0.4 is 5.32 Å². The molecule has 0 atom stereocenters. The smallest absolute Gasteiger partial charge is 0.257 e. The number of nitrogens with one attached hydrogen (secondary N) is 1. The Labute approximate surface area is 120 Å². The topological polar surface area (TPSA) is 68.5 Å². The lowest BCUT2D eigenvalue weighted by Crippen LogP contribution is -2.10. The van der Waals surface area contributed by atoms with Crippen LogP contribution in [-0.2, 0) is 0 Å². The van der Waals surface area contributed by atoms with E-state index in [1.54, 1.807) is 10.9 Å². The van der Waals surface area contributed by atoms with Crippen LogP contribution in [0.5, 0.6) is 0 Å². The molecule has 7 heteroatoms. The summed E-state index contributed by atoms with van der Waals surface area (Å²) in [5.74, 6) is 0.867. The van der Waals surface area contributed by atoms with Crippen LogP contribution >= 0.6 is 11.6 Å².